The van der Waals surface area contributed by atoms with E-state index in [9.17, 15) is 9.59 Å². The molecule has 2 aromatic rings. The van der Waals surface area contributed by atoms with E-state index in [1.807, 2.05) is 25.1 Å². The SMILES string of the molecule is CCCCNC(=O)c1ccc(C(=O)Nc2c(C)cccc2C(C)C)cc1. The molecular weight excluding hydrogens is 324 g/mol. The minimum atomic E-state index is -0.167. The van der Waals surface area contributed by atoms with Crippen LogP contribution in [0.2, 0.25) is 0 Å². The van der Waals surface area contributed by atoms with Gasteiger partial charge in [0.05, 0.1) is 0 Å². The van der Waals surface area contributed by atoms with E-state index >= 15 is 0 Å². The zero-order chi connectivity index (χ0) is 19.1. The Bertz CT molecular complexity index is 764. The number of carbonyl (C=O) groups is 2. The largest absolute Gasteiger partial charge is 0.352 e. The van der Waals surface area contributed by atoms with Gasteiger partial charge in [-0.05, 0) is 54.7 Å². The molecule has 0 atom stereocenters. The van der Waals surface area contributed by atoms with E-state index in [4.69, 9.17) is 0 Å². The number of para-hydroxylation sites is 1. The van der Waals surface area contributed by atoms with Crippen LogP contribution in [0.15, 0.2) is 42.5 Å². The Hall–Kier alpha value is -2.62. The molecule has 0 aliphatic heterocycles. The van der Waals surface area contributed by atoms with Crippen molar-refractivity contribution in [3.63, 3.8) is 0 Å². The van der Waals surface area contributed by atoms with Gasteiger partial charge in [0.2, 0.25) is 0 Å². The Kier molecular flexibility index (Phi) is 6.96. The highest BCUT2D eigenvalue weighted by Gasteiger charge is 2.14. The van der Waals surface area contributed by atoms with Gasteiger partial charge in [-0.3, -0.25) is 9.59 Å². The molecule has 2 amide bonds. The first-order valence-corrected chi connectivity index (χ1v) is 9.23. The quantitative estimate of drug-likeness (QED) is 0.696. The maximum atomic E-state index is 12.6. The minimum absolute atomic E-state index is 0.105. The molecule has 0 saturated heterocycles. The fourth-order valence-electron chi connectivity index (χ4n) is 2.78. The van der Waals surface area contributed by atoms with Crippen molar-refractivity contribution in [2.45, 2.75) is 46.5 Å². The van der Waals surface area contributed by atoms with E-state index in [0.29, 0.717) is 23.6 Å². The van der Waals surface area contributed by atoms with Gasteiger partial charge in [0.1, 0.15) is 0 Å². The predicted molar refractivity (Wildman–Crippen MR) is 107 cm³/mol. The maximum Gasteiger partial charge on any atom is 0.255 e. The summed E-state index contributed by atoms with van der Waals surface area (Å²) in [5.41, 5.74) is 4.13. The van der Waals surface area contributed by atoms with Gasteiger partial charge >= 0.3 is 0 Å². The van der Waals surface area contributed by atoms with Crippen LogP contribution in [0.3, 0.4) is 0 Å². The first kappa shape index (κ1) is 19.7. The molecule has 0 unspecified atom stereocenters. The second-order valence-electron chi connectivity index (χ2n) is 6.83. The summed E-state index contributed by atoms with van der Waals surface area (Å²) in [5.74, 6) is 0.0462. The first-order chi connectivity index (χ1) is 12.4. The third-order valence-electron chi connectivity index (χ3n) is 4.39. The smallest absolute Gasteiger partial charge is 0.255 e. The number of amides is 2. The molecule has 0 spiro atoms. The highest BCUT2D eigenvalue weighted by atomic mass is 16.2. The van der Waals surface area contributed by atoms with Crippen molar-refractivity contribution < 1.29 is 9.59 Å². The van der Waals surface area contributed by atoms with E-state index in [2.05, 4.69) is 31.4 Å². The van der Waals surface area contributed by atoms with Crippen molar-refractivity contribution in [3.8, 4) is 0 Å². The summed E-state index contributed by atoms with van der Waals surface area (Å²) in [7, 11) is 0. The van der Waals surface area contributed by atoms with Crippen LogP contribution in [-0.2, 0) is 0 Å². The normalized spacial score (nSPS) is 10.7. The van der Waals surface area contributed by atoms with Crippen LogP contribution in [0, 0.1) is 6.92 Å². The van der Waals surface area contributed by atoms with Gasteiger partial charge in [-0.2, -0.15) is 0 Å². The van der Waals surface area contributed by atoms with E-state index in [0.717, 1.165) is 29.7 Å². The molecule has 0 fully saturated rings. The number of rotatable bonds is 7. The van der Waals surface area contributed by atoms with E-state index in [1.54, 1.807) is 24.3 Å². The Morgan fingerprint density at radius 2 is 1.58 bits per heavy atom. The molecule has 2 rings (SSSR count). The minimum Gasteiger partial charge on any atom is -0.352 e. The van der Waals surface area contributed by atoms with Crippen molar-refractivity contribution in [2.24, 2.45) is 0 Å². The maximum absolute atomic E-state index is 12.6. The van der Waals surface area contributed by atoms with Crippen LogP contribution in [0.25, 0.3) is 0 Å². The molecule has 0 aliphatic carbocycles. The molecule has 138 valence electrons. The van der Waals surface area contributed by atoms with Crippen molar-refractivity contribution in [1.29, 1.82) is 0 Å². The van der Waals surface area contributed by atoms with Crippen LogP contribution in [0.1, 0.15) is 71.4 Å². The Morgan fingerprint density at radius 3 is 2.15 bits per heavy atom. The second kappa shape index (κ2) is 9.18. The Morgan fingerprint density at radius 1 is 0.962 bits per heavy atom. The lowest BCUT2D eigenvalue weighted by molar-refractivity contribution is 0.0951. The number of hydrogen-bond acceptors (Lipinski definition) is 2. The molecular formula is C22H28N2O2. The summed E-state index contributed by atoms with van der Waals surface area (Å²) < 4.78 is 0. The summed E-state index contributed by atoms with van der Waals surface area (Å²) in [5, 5.41) is 5.90. The van der Waals surface area contributed by atoms with Crippen molar-refractivity contribution >= 4 is 17.5 Å². The molecule has 0 aromatic heterocycles. The molecule has 0 saturated carbocycles. The third-order valence-corrected chi connectivity index (χ3v) is 4.39. The Balaban J connectivity index is 2.11. The number of nitrogens with one attached hydrogen (secondary N) is 2. The van der Waals surface area contributed by atoms with Gasteiger partial charge in [-0.15, -0.1) is 0 Å². The average molecular weight is 352 g/mol. The van der Waals surface area contributed by atoms with Crippen LogP contribution in [-0.4, -0.2) is 18.4 Å². The number of anilines is 1. The van der Waals surface area contributed by atoms with Gasteiger partial charge in [-0.25, -0.2) is 0 Å². The zero-order valence-electron chi connectivity index (χ0n) is 16.1. The van der Waals surface area contributed by atoms with Crippen molar-refractivity contribution in [2.75, 3.05) is 11.9 Å². The second-order valence-corrected chi connectivity index (χ2v) is 6.83. The standard InChI is InChI=1S/C22H28N2O2/c1-5-6-14-23-21(25)17-10-12-18(13-11-17)22(26)24-20-16(4)8-7-9-19(20)15(2)3/h7-13,15H,5-6,14H2,1-4H3,(H,23,25)(H,24,26). The summed E-state index contributed by atoms with van der Waals surface area (Å²) >= 11 is 0. The van der Waals surface area contributed by atoms with Gasteiger partial charge in [0, 0.05) is 23.4 Å². The van der Waals surface area contributed by atoms with Crippen molar-refractivity contribution in [1.82, 2.24) is 5.32 Å². The van der Waals surface area contributed by atoms with E-state index < -0.39 is 0 Å². The van der Waals surface area contributed by atoms with E-state index in [-0.39, 0.29) is 11.8 Å². The van der Waals surface area contributed by atoms with E-state index in [1.165, 1.54) is 0 Å². The predicted octanol–water partition coefficient (Wildman–Crippen LogP) is 4.90. The molecule has 0 bridgehead atoms. The van der Waals surface area contributed by atoms with Gasteiger partial charge < -0.3 is 10.6 Å². The highest BCUT2D eigenvalue weighted by Crippen LogP contribution is 2.27. The highest BCUT2D eigenvalue weighted by molar-refractivity contribution is 6.05. The summed E-state index contributed by atoms with van der Waals surface area (Å²) in [6.07, 6.45) is 2.00. The fourth-order valence-corrected chi connectivity index (χ4v) is 2.78. The molecule has 4 heteroatoms. The molecule has 0 heterocycles. The molecule has 0 aliphatic rings. The van der Waals surface area contributed by atoms with Gasteiger partial charge in [-0.1, -0.05) is 45.4 Å². The first-order valence-electron chi connectivity index (χ1n) is 9.23. The summed E-state index contributed by atoms with van der Waals surface area (Å²) in [6, 6.07) is 12.8. The lowest BCUT2D eigenvalue weighted by Gasteiger charge is -2.16. The number of aryl methyl sites for hydroxylation is 1. The van der Waals surface area contributed by atoms with Crippen LogP contribution < -0.4 is 10.6 Å². The zero-order valence-corrected chi connectivity index (χ0v) is 16.1. The number of unbranched alkanes of at least 4 members (excludes halogenated alkanes) is 1. The summed E-state index contributed by atoms with van der Waals surface area (Å²) in [4.78, 5) is 24.7. The lowest BCUT2D eigenvalue weighted by atomic mass is 9.98. The monoisotopic (exact) mass is 352 g/mol. The van der Waals surface area contributed by atoms with Crippen LogP contribution in [0.4, 0.5) is 5.69 Å². The number of hydrogen-bond donors (Lipinski definition) is 2. The summed E-state index contributed by atoms with van der Waals surface area (Å²) in [6.45, 7) is 8.96. The fraction of sp³-hybridized carbons (Fsp3) is 0.364. The van der Waals surface area contributed by atoms with Gasteiger partial charge in [0.25, 0.3) is 11.8 Å². The molecule has 0 radical (unpaired) electrons. The van der Waals surface area contributed by atoms with Crippen LogP contribution in [0.5, 0.6) is 0 Å². The van der Waals surface area contributed by atoms with Gasteiger partial charge in [0.15, 0.2) is 0 Å². The van der Waals surface area contributed by atoms with Crippen molar-refractivity contribution in [3.05, 3.63) is 64.7 Å². The lowest BCUT2D eigenvalue weighted by Crippen LogP contribution is -2.24. The molecule has 2 aromatic carbocycles. The third kappa shape index (κ3) is 4.94. The Labute approximate surface area is 156 Å². The molecule has 4 nitrogen and oxygen atoms in total. The number of carbonyl (C=O) groups excluding carboxylic acids is 2. The topological polar surface area (TPSA) is 58.2 Å². The van der Waals surface area contributed by atoms with Crippen LogP contribution >= 0.6 is 0 Å². The molecule has 2 N–H and O–H groups in total. The molecule has 26 heavy (non-hydrogen) atoms. The average Bonchev–Trinajstić information content (AvgIpc) is 2.63. The number of benzene rings is 2.